The molecule has 2 aliphatic rings. The number of nitrogens with zero attached hydrogens (tertiary/aromatic N) is 1. The van der Waals surface area contributed by atoms with Crippen LogP contribution in [0.4, 0.5) is 0 Å². The second-order valence-corrected chi connectivity index (χ2v) is 13.0. The van der Waals surface area contributed by atoms with E-state index in [0.29, 0.717) is 19.5 Å². The second-order valence-electron chi connectivity index (χ2n) is 13.0. The van der Waals surface area contributed by atoms with E-state index < -0.39 is 29.6 Å². The number of carbonyl (C=O) groups is 3. The molecule has 6 atom stereocenters. The van der Waals surface area contributed by atoms with Crippen LogP contribution in [-0.2, 0) is 27.2 Å². The fourth-order valence-electron chi connectivity index (χ4n) is 6.41. The van der Waals surface area contributed by atoms with Crippen LogP contribution in [0.25, 0.3) is 0 Å². The van der Waals surface area contributed by atoms with E-state index in [-0.39, 0.29) is 29.8 Å². The largest absolute Gasteiger partial charge is 0.489 e. The Hall–Kier alpha value is -3.43. The average molecular weight is 607 g/mol. The van der Waals surface area contributed by atoms with Gasteiger partial charge in [0.05, 0.1) is 11.6 Å². The molecule has 0 spiro atoms. The highest BCUT2D eigenvalue weighted by Crippen LogP contribution is 2.32. The molecule has 9 heteroatoms. The fourth-order valence-corrected chi connectivity index (χ4v) is 6.41. The molecule has 0 saturated heterocycles. The number of likely N-dealkylation sites (N-methyl/N-ethyl adjacent to an activating group) is 1. The molecule has 2 aromatic carbocycles. The van der Waals surface area contributed by atoms with Gasteiger partial charge in [-0.05, 0) is 62.1 Å². The number of fused-ring (bicyclic) bond motifs is 1. The number of amides is 3. The summed E-state index contributed by atoms with van der Waals surface area (Å²) in [5.41, 5.74) is 1.59. The summed E-state index contributed by atoms with van der Waals surface area (Å²) >= 11 is 0. The van der Waals surface area contributed by atoms with Crippen LogP contribution >= 0.6 is 0 Å². The first-order valence-corrected chi connectivity index (χ1v) is 16.0. The van der Waals surface area contributed by atoms with E-state index in [0.717, 1.165) is 42.6 Å². The number of aliphatic hydroxyl groups is 1. The maximum Gasteiger partial charge on any atom is 0.246 e. The van der Waals surface area contributed by atoms with Gasteiger partial charge in [-0.1, -0.05) is 75.7 Å². The lowest BCUT2D eigenvalue weighted by Crippen LogP contribution is -2.64. The van der Waals surface area contributed by atoms with Crippen molar-refractivity contribution in [1.29, 1.82) is 0 Å². The van der Waals surface area contributed by atoms with E-state index in [2.05, 4.69) is 34.1 Å². The van der Waals surface area contributed by atoms with Crippen molar-refractivity contribution < 1.29 is 24.2 Å². The van der Waals surface area contributed by atoms with Crippen LogP contribution in [0.3, 0.4) is 0 Å². The van der Waals surface area contributed by atoms with Crippen molar-refractivity contribution in [3.63, 3.8) is 0 Å². The summed E-state index contributed by atoms with van der Waals surface area (Å²) in [6.07, 6.45) is 3.77. The third-order valence-corrected chi connectivity index (χ3v) is 9.22. The Kier molecular flexibility index (Phi) is 11.1. The van der Waals surface area contributed by atoms with Crippen LogP contribution in [0.1, 0.15) is 76.5 Å². The van der Waals surface area contributed by atoms with Crippen molar-refractivity contribution >= 4 is 17.7 Å². The van der Waals surface area contributed by atoms with Gasteiger partial charge in [0.15, 0.2) is 0 Å². The Labute approximate surface area is 262 Å². The lowest BCUT2D eigenvalue weighted by molar-refractivity contribution is -0.151. The van der Waals surface area contributed by atoms with Crippen molar-refractivity contribution in [2.24, 2.45) is 5.92 Å². The molecule has 4 rings (SSSR count). The zero-order valence-electron chi connectivity index (χ0n) is 27.1. The highest BCUT2D eigenvalue weighted by Gasteiger charge is 2.43. The number of benzene rings is 2. The zero-order chi connectivity index (χ0) is 32.0. The second kappa shape index (κ2) is 14.6. The monoisotopic (exact) mass is 606 g/mol. The first kappa shape index (κ1) is 33.5. The van der Waals surface area contributed by atoms with Gasteiger partial charge in [-0.25, -0.2) is 0 Å². The summed E-state index contributed by atoms with van der Waals surface area (Å²) < 4.78 is 6.51. The summed E-state index contributed by atoms with van der Waals surface area (Å²) in [6.45, 7) is 9.86. The molecule has 0 saturated carbocycles. The highest BCUT2D eigenvalue weighted by molar-refractivity contribution is 5.94. The first-order valence-electron chi connectivity index (χ1n) is 16.0. The molecule has 2 bridgehead atoms. The topological polar surface area (TPSA) is 120 Å². The minimum Gasteiger partial charge on any atom is -0.489 e. The normalized spacial score (nSPS) is 25.5. The number of hydrogen-bond donors (Lipinski definition) is 4. The Morgan fingerprint density at radius 1 is 0.977 bits per heavy atom. The third kappa shape index (κ3) is 7.80. The average Bonchev–Trinajstić information content (AvgIpc) is 3.00. The molecular weight excluding hydrogens is 556 g/mol. The van der Waals surface area contributed by atoms with Crippen molar-refractivity contribution in [2.45, 2.75) is 102 Å². The van der Waals surface area contributed by atoms with E-state index in [1.54, 1.807) is 7.05 Å². The Morgan fingerprint density at radius 3 is 2.32 bits per heavy atom. The maximum absolute atomic E-state index is 14.1. The molecule has 0 aliphatic carbocycles. The highest BCUT2D eigenvalue weighted by atomic mass is 16.5. The van der Waals surface area contributed by atoms with Gasteiger partial charge in [0, 0.05) is 26.1 Å². The van der Waals surface area contributed by atoms with Gasteiger partial charge < -0.3 is 30.7 Å². The molecule has 4 N–H and O–H groups in total. The molecule has 2 aliphatic heterocycles. The Bertz CT molecular complexity index is 1290. The van der Waals surface area contributed by atoms with Gasteiger partial charge in [0.25, 0.3) is 0 Å². The van der Waals surface area contributed by atoms with Crippen LogP contribution in [0.5, 0.6) is 5.75 Å². The van der Waals surface area contributed by atoms with Crippen LogP contribution in [0.15, 0.2) is 48.5 Å². The molecule has 3 unspecified atom stereocenters. The molecule has 240 valence electrons. The van der Waals surface area contributed by atoms with Crippen molar-refractivity contribution in [2.75, 3.05) is 20.1 Å². The van der Waals surface area contributed by atoms with Gasteiger partial charge in [0.1, 0.15) is 23.9 Å². The fraction of sp³-hybridized carbons (Fsp3) is 0.571. The Balaban J connectivity index is 1.71. The molecule has 9 nitrogen and oxygen atoms in total. The minimum atomic E-state index is -1.58. The predicted octanol–water partition coefficient (Wildman–Crippen LogP) is 3.33. The smallest absolute Gasteiger partial charge is 0.246 e. The number of ether oxygens (including phenoxy) is 1. The maximum atomic E-state index is 14.1. The first-order chi connectivity index (χ1) is 20.9. The van der Waals surface area contributed by atoms with Crippen molar-refractivity contribution in [1.82, 2.24) is 20.9 Å². The molecule has 3 amide bonds. The van der Waals surface area contributed by atoms with Crippen molar-refractivity contribution in [3.8, 4) is 5.75 Å². The molecule has 0 aromatic heterocycles. The van der Waals surface area contributed by atoms with E-state index in [9.17, 15) is 19.5 Å². The summed E-state index contributed by atoms with van der Waals surface area (Å²) in [5, 5.41) is 20.7. The van der Waals surface area contributed by atoms with Gasteiger partial charge in [-0.2, -0.15) is 0 Å². The van der Waals surface area contributed by atoms with Crippen LogP contribution in [0.2, 0.25) is 0 Å². The SMILES string of the molecule is CCC(C)[C@@H]1NCC2CCc3cccc(c3O2)CCCNC(=O)[C@@H](C(C)c2ccccc2)NC(=O)[C@H](C(C)(C)O)N(C)C1=O. The molecular formula is C35H50N4O5. The molecule has 44 heavy (non-hydrogen) atoms. The lowest BCUT2D eigenvalue weighted by atomic mass is 9.90. The summed E-state index contributed by atoms with van der Waals surface area (Å²) in [7, 11) is 1.55. The van der Waals surface area contributed by atoms with Gasteiger partial charge in [-0.15, -0.1) is 0 Å². The van der Waals surface area contributed by atoms with E-state index in [4.69, 9.17) is 4.74 Å². The van der Waals surface area contributed by atoms with Crippen LogP contribution in [0, 0.1) is 5.92 Å². The number of carbonyl (C=O) groups excluding carboxylic acids is 3. The van der Waals surface area contributed by atoms with Crippen LogP contribution in [-0.4, -0.2) is 77.7 Å². The van der Waals surface area contributed by atoms with Crippen molar-refractivity contribution in [3.05, 3.63) is 65.2 Å². The number of para-hydroxylation sites is 1. The number of rotatable bonds is 5. The lowest BCUT2D eigenvalue weighted by Gasteiger charge is -2.39. The molecule has 0 radical (unpaired) electrons. The number of hydrogen-bond acceptors (Lipinski definition) is 6. The summed E-state index contributed by atoms with van der Waals surface area (Å²) in [5.74, 6) is -0.690. The van der Waals surface area contributed by atoms with Gasteiger partial charge in [0.2, 0.25) is 17.7 Å². The summed E-state index contributed by atoms with van der Waals surface area (Å²) in [4.78, 5) is 43.1. The molecule has 2 aromatic rings. The Morgan fingerprint density at radius 2 is 1.66 bits per heavy atom. The number of nitrogens with one attached hydrogen (secondary N) is 3. The van der Waals surface area contributed by atoms with Gasteiger partial charge in [-0.3, -0.25) is 14.4 Å². The predicted molar refractivity (Wildman–Crippen MR) is 171 cm³/mol. The number of aryl methyl sites for hydroxylation is 2. The van der Waals surface area contributed by atoms with E-state index >= 15 is 0 Å². The van der Waals surface area contributed by atoms with E-state index in [1.807, 2.05) is 51.1 Å². The van der Waals surface area contributed by atoms with Gasteiger partial charge >= 0.3 is 0 Å². The summed E-state index contributed by atoms with van der Waals surface area (Å²) in [6, 6.07) is 13.0. The molecule has 0 fully saturated rings. The minimum absolute atomic E-state index is 0.0378. The molecule has 2 heterocycles. The quantitative estimate of drug-likeness (QED) is 0.415. The van der Waals surface area contributed by atoms with E-state index in [1.165, 1.54) is 24.3 Å². The zero-order valence-corrected chi connectivity index (χ0v) is 27.1. The third-order valence-electron chi connectivity index (χ3n) is 9.22. The van der Waals surface area contributed by atoms with Crippen LogP contribution < -0.4 is 20.7 Å². The standard InChI is InChI=1S/C35H50N4O5/c1-7-22(2)28-34(42)39(6)31(35(4,5)43)33(41)38-29(23(3)24-13-9-8-10-14-24)32(40)36-20-12-17-25-15-11-16-26-18-19-27(21-37-28)44-30(25)26/h8-11,13-16,22-23,27-29,31,37,43H,7,12,17-21H2,1-6H3,(H,36,40)(H,38,41)/t22?,23?,27?,28-,29+,31+/m0/s1.